The van der Waals surface area contributed by atoms with Crippen LogP contribution in [0.5, 0.6) is 0 Å². The molecule has 0 saturated carbocycles. The minimum absolute atomic E-state index is 0.0411. The number of quaternary nitrogens is 1. The molecule has 0 N–H and O–H groups in total. The quantitative estimate of drug-likeness (QED) is 0.0195. The SMILES string of the molecule is CC/C=C\C/C=C\C/C=C\C/C=C\C/C=C\C/C=C\CCCCCCC(=O)OC(COC(=O)CCCCCCCCCCCCCCCCCCCCCC/C=C\C/C=C\C/C=C\C/C=C\CC)COP(=O)([O-])OCC[N+](C)(C)C. The number of unbranched alkanes of at least 4 members (excludes halogenated alkanes) is 24. The van der Waals surface area contributed by atoms with Crippen LogP contribution in [0.1, 0.15) is 258 Å². The predicted molar refractivity (Wildman–Crippen MR) is 341 cm³/mol. The van der Waals surface area contributed by atoms with Gasteiger partial charge in [-0.1, -0.05) is 264 Å². The highest BCUT2D eigenvalue weighted by Gasteiger charge is 2.22. The third kappa shape index (κ3) is 63.6. The molecule has 2 atom stereocenters. The minimum Gasteiger partial charge on any atom is -0.756 e. The highest BCUT2D eigenvalue weighted by molar-refractivity contribution is 7.45. The summed E-state index contributed by atoms with van der Waals surface area (Å²) in [4.78, 5) is 38.0. The monoisotopic (exact) mass is 1130 g/mol. The molecule has 0 aromatic heterocycles. The molecule has 0 saturated heterocycles. The van der Waals surface area contributed by atoms with Gasteiger partial charge in [-0.2, -0.15) is 0 Å². The van der Waals surface area contributed by atoms with Gasteiger partial charge in [0, 0.05) is 12.8 Å². The van der Waals surface area contributed by atoms with E-state index in [4.69, 9.17) is 18.5 Å². The standard InChI is InChI=1S/C70H120NO8P/c1-6-8-10-12-14-16-18-20-22-24-26-28-30-31-32-33-34-35-36-37-38-39-41-42-44-46-48-50-52-54-56-58-60-62-69(72)76-66-68(67-78-80(74,75)77-65-64-71(3,4)5)79-70(73)63-61-59-57-55-53-51-49-47-45-43-40-29-27-25-23-21-19-17-15-13-11-9-7-2/h8-11,14-17,20-23,26-29,43,45,49,51,68H,6-7,12-13,18-19,24-25,30-42,44,46-48,50,52-67H2,1-5H3/b10-8-,11-9-,16-14-,17-15-,22-20-,23-21-,28-26-,29-27-,45-43-,51-49-. The molecule has 0 aliphatic carbocycles. The number of ether oxygens (including phenoxy) is 2. The molecule has 0 aromatic rings. The average molecular weight is 1130 g/mol. The van der Waals surface area contributed by atoms with Crippen LogP contribution < -0.4 is 4.89 Å². The van der Waals surface area contributed by atoms with Crippen molar-refractivity contribution in [1.82, 2.24) is 0 Å². The molecule has 458 valence electrons. The van der Waals surface area contributed by atoms with Gasteiger partial charge >= 0.3 is 11.9 Å². The van der Waals surface area contributed by atoms with Crippen LogP contribution in [-0.2, 0) is 32.7 Å². The Morgan fingerprint density at radius 1 is 0.388 bits per heavy atom. The molecule has 80 heavy (non-hydrogen) atoms. The molecule has 0 aliphatic heterocycles. The van der Waals surface area contributed by atoms with Gasteiger partial charge in [0.15, 0.2) is 6.10 Å². The number of hydrogen-bond acceptors (Lipinski definition) is 8. The van der Waals surface area contributed by atoms with Gasteiger partial charge < -0.3 is 27.9 Å². The Balaban J connectivity index is 4.10. The van der Waals surface area contributed by atoms with Crippen molar-refractivity contribution in [2.45, 2.75) is 264 Å². The van der Waals surface area contributed by atoms with Crippen LogP contribution in [0, 0.1) is 0 Å². The number of phosphoric ester groups is 1. The zero-order valence-electron chi connectivity index (χ0n) is 52.0. The molecule has 9 nitrogen and oxygen atoms in total. The summed E-state index contributed by atoms with van der Waals surface area (Å²) in [6.45, 7) is 3.99. The lowest BCUT2D eigenvalue weighted by atomic mass is 10.0. The molecule has 2 unspecified atom stereocenters. The Morgan fingerprint density at radius 2 is 0.675 bits per heavy atom. The maximum Gasteiger partial charge on any atom is 0.306 e. The van der Waals surface area contributed by atoms with Crippen LogP contribution >= 0.6 is 7.82 Å². The molecular weight excluding hydrogens is 1010 g/mol. The number of likely N-dealkylation sites (N-methyl/N-ethyl adjacent to an activating group) is 1. The number of rotatable bonds is 58. The van der Waals surface area contributed by atoms with Crippen molar-refractivity contribution >= 4 is 19.8 Å². The van der Waals surface area contributed by atoms with E-state index in [9.17, 15) is 19.0 Å². The van der Waals surface area contributed by atoms with E-state index >= 15 is 0 Å². The maximum absolute atomic E-state index is 12.8. The normalized spacial score (nSPS) is 14.0. The van der Waals surface area contributed by atoms with E-state index in [0.29, 0.717) is 17.4 Å². The molecule has 0 bridgehead atoms. The lowest BCUT2D eigenvalue weighted by Gasteiger charge is -2.28. The molecule has 0 fully saturated rings. The smallest absolute Gasteiger partial charge is 0.306 e. The summed E-state index contributed by atoms with van der Waals surface area (Å²) in [5.74, 6) is -0.862. The summed E-state index contributed by atoms with van der Waals surface area (Å²) in [6, 6.07) is 0. The van der Waals surface area contributed by atoms with Crippen molar-refractivity contribution in [1.29, 1.82) is 0 Å². The summed E-state index contributed by atoms with van der Waals surface area (Å²) in [5, 5.41) is 0. The lowest BCUT2D eigenvalue weighted by molar-refractivity contribution is -0.870. The molecular formula is C70H120NO8P. The topological polar surface area (TPSA) is 111 Å². The van der Waals surface area contributed by atoms with E-state index in [2.05, 4.69) is 135 Å². The van der Waals surface area contributed by atoms with Crippen LogP contribution in [0.2, 0.25) is 0 Å². The molecule has 0 spiro atoms. The molecule has 0 aliphatic rings. The van der Waals surface area contributed by atoms with Gasteiger partial charge in [-0.25, -0.2) is 0 Å². The minimum atomic E-state index is -4.65. The van der Waals surface area contributed by atoms with Gasteiger partial charge in [-0.15, -0.1) is 0 Å². The van der Waals surface area contributed by atoms with Crippen LogP contribution in [0.4, 0.5) is 0 Å². The Hall–Kier alpha value is -3.59. The van der Waals surface area contributed by atoms with E-state index < -0.39 is 32.5 Å². The van der Waals surface area contributed by atoms with Gasteiger partial charge in [0.25, 0.3) is 7.82 Å². The van der Waals surface area contributed by atoms with Gasteiger partial charge in [0.1, 0.15) is 19.8 Å². The summed E-state index contributed by atoms with van der Waals surface area (Å²) in [7, 11) is 1.14. The van der Waals surface area contributed by atoms with Crippen molar-refractivity contribution in [3.05, 3.63) is 122 Å². The third-order valence-electron chi connectivity index (χ3n) is 13.5. The van der Waals surface area contributed by atoms with E-state index in [1.54, 1.807) is 0 Å². The van der Waals surface area contributed by atoms with Crippen molar-refractivity contribution < 1.29 is 42.1 Å². The first kappa shape index (κ1) is 76.4. The Kier molecular flexibility index (Phi) is 57.3. The summed E-state index contributed by atoms with van der Waals surface area (Å²) in [6.07, 6.45) is 85.5. The van der Waals surface area contributed by atoms with Crippen LogP contribution in [-0.4, -0.2) is 70.0 Å². The van der Waals surface area contributed by atoms with Gasteiger partial charge in [0.05, 0.1) is 27.7 Å². The molecule has 0 aromatic carbocycles. The Bertz CT molecular complexity index is 1760. The zero-order chi connectivity index (χ0) is 58.4. The first-order valence-electron chi connectivity index (χ1n) is 32.2. The fourth-order valence-corrected chi connectivity index (χ4v) is 9.32. The van der Waals surface area contributed by atoms with E-state index in [0.717, 1.165) is 109 Å². The van der Waals surface area contributed by atoms with E-state index in [1.165, 1.54) is 116 Å². The second kappa shape index (κ2) is 60.0. The number of phosphoric acid groups is 1. The second-order valence-electron chi connectivity index (χ2n) is 22.4. The van der Waals surface area contributed by atoms with Crippen LogP contribution in [0.15, 0.2) is 122 Å². The Morgan fingerprint density at radius 3 is 1.00 bits per heavy atom. The number of allylic oxidation sites excluding steroid dienone is 20. The Labute approximate surface area is 492 Å². The summed E-state index contributed by atoms with van der Waals surface area (Å²) in [5.41, 5.74) is 0. The van der Waals surface area contributed by atoms with Crippen LogP contribution in [0.25, 0.3) is 0 Å². The number of esters is 2. The number of hydrogen-bond donors (Lipinski definition) is 0. The first-order chi connectivity index (χ1) is 39.0. The summed E-state index contributed by atoms with van der Waals surface area (Å²) >= 11 is 0. The van der Waals surface area contributed by atoms with Gasteiger partial charge in [0.2, 0.25) is 0 Å². The van der Waals surface area contributed by atoms with Crippen molar-refractivity contribution in [2.75, 3.05) is 47.5 Å². The van der Waals surface area contributed by atoms with Crippen molar-refractivity contribution in [2.24, 2.45) is 0 Å². The highest BCUT2D eigenvalue weighted by atomic mass is 31.2. The third-order valence-corrected chi connectivity index (χ3v) is 14.4. The van der Waals surface area contributed by atoms with Gasteiger partial charge in [-0.3, -0.25) is 14.2 Å². The largest absolute Gasteiger partial charge is 0.756 e. The molecule has 10 heteroatoms. The number of carbonyl (C=O) groups excluding carboxylic acids is 2. The highest BCUT2D eigenvalue weighted by Crippen LogP contribution is 2.38. The molecule has 0 amide bonds. The molecule has 0 heterocycles. The van der Waals surface area contributed by atoms with Crippen LogP contribution in [0.3, 0.4) is 0 Å². The fraction of sp³-hybridized carbons (Fsp3) is 0.686. The number of nitrogens with zero attached hydrogens (tertiary/aromatic N) is 1. The second-order valence-corrected chi connectivity index (χ2v) is 23.8. The number of carbonyl (C=O) groups is 2. The molecule has 0 radical (unpaired) electrons. The fourth-order valence-electron chi connectivity index (χ4n) is 8.59. The van der Waals surface area contributed by atoms with E-state index in [-0.39, 0.29) is 26.1 Å². The zero-order valence-corrected chi connectivity index (χ0v) is 52.9. The van der Waals surface area contributed by atoms with Crippen molar-refractivity contribution in [3.63, 3.8) is 0 Å². The predicted octanol–water partition coefficient (Wildman–Crippen LogP) is 20.1. The van der Waals surface area contributed by atoms with Gasteiger partial charge in [-0.05, 0) is 103 Å². The average Bonchev–Trinajstić information content (AvgIpc) is 3.42. The van der Waals surface area contributed by atoms with Crippen molar-refractivity contribution in [3.8, 4) is 0 Å². The maximum atomic E-state index is 12.8. The molecule has 0 rings (SSSR count). The lowest BCUT2D eigenvalue weighted by Crippen LogP contribution is -2.37. The first-order valence-corrected chi connectivity index (χ1v) is 33.7. The summed E-state index contributed by atoms with van der Waals surface area (Å²) < 4.78 is 34.2. The van der Waals surface area contributed by atoms with E-state index in [1.807, 2.05) is 21.1 Å².